The van der Waals surface area contributed by atoms with Gasteiger partial charge in [-0.3, -0.25) is 4.79 Å². The van der Waals surface area contributed by atoms with Gasteiger partial charge in [0.2, 0.25) is 0 Å². The highest BCUT2D eigenvalue weighted by molar-refractivity contribution is 5.82. The van der Waals surface area contributed by atoms with Gasteiger partial charge >= 0.3 is 0 Å². The van der Waals surface area contributed by atoms with Gasteiger partial charge in [-0.15, -0.1) is 0 Å². The van der Waals surface area contributed by atoms with Crippen LogP contribution in [0.5, 0.6) is 0 Å². The van der Waals surface area contributed by atoms with Crippen LogP contribution in [0.3, 0.4) is 0 Å². The summed E-state index contributed by atoms with van der Waals surface area (Å²) in [6.07, 6.45) is 7.97. The van der Waals surface area contributed by atoms with Crippen LogP contribution in [-0.2, 0) is 9.53 Å². The molecule has 10 heavy (non-hydrogen) atoms. The maximum Gasteiger partial charge on any atom is 0.150 e. The molecule has 50 valence electrons. The van der Waals surface area contributed by atoms with Gasteiger partial charge in [-0.25, -0.2) is 0 Å². The molecule has 1 atom stereocenters. The highest BCUT2D eigenvalue weighted by Gasteiger charge is 2.21. The average Bonchev–Trinajstić information content (AvgIpc) is 2.44. The Labute approximate surface area is 58.5 Å². The van der Waals surface area contributed by atoms with E-state index in [1.807, 2.05) is 12.2 Å². The summed E-state index contributed by atoms with van der Waals surface area (Å²) in [7, 11) is 0. The Kier molecular flexibility index (Phi) is 1.01. The Balaban J connectivity index is 2.45. The summed E-state index contributed by atoms with van der Waals surface area (Å²) in [6.45, 7) is 0. The van der Waals surface area contributed by atoms with Gasteiger partial charge in [-0.05, 0) is 12.2 Å². The molecule has 0 aromatic heterocycles. The van der Waals surface area contributed by atoms with Crippen LogP contribution in [0.2, 0.25) is 0 Å². The molecule has 1 aliphatic carbocycles. The molecule has 0 radical (unpaired) electrons. The van der Waals surface area contributed by atoms with E-state index in [-0.39, 0.29) is 6.10 Å². The minimum Gasteiger partial charge on any atom is -0.489 e. The van der Waals surface area contributed by atoms with E-state index in [4.69, 9.17) is 4.74 Å². The lowest BCUT2D eigenvalue weighted by molar-refractivity contribution is -0.104. The number of carbonyl (C=O) groups excluding carboxylic acids is 1. The predicted molar refractivity (Wildman–Crippen MR) is 36.2 cm³/mol. The van der Waals surface area contributed by atoms with E-state index in [0.29, 0.717) is 0 Å². The summed E-state index contributed by atoms with van der Waals surface area (Å²) < 4.78 is 5.12. The van der Waals surface area contributed by atoms with Gasteiger partial charge in [0.1, 0.15) is 12.4 Å². The molecule has 0 aromatic carbocycles. The van der Waals surface area contributed by atoms with Gasteiger partial charge in [0.15, 0.2) is 0 Å². The molecule has 0 saturated heterocycles. The number of carbonyl (C=O) groups is 1. The average molecular weight is 134 g/mol. The molecule has 0 fully saturated rings. The van der Waals surface area contributed by atoms with Crippen molar-refractivity contribution in [3.63, 3.8) is 0 Å². The lowest BCUT2D eigenvalue weighted by atomic mass is 10.1. The molecule has 1 aliphatic heterocycles. The van der Waals surface area contributed by atoms with E-state index >= 15 is 0 Å². The van der Waals surface area contributed by atoms with Crippen LogP contribution in [0.15, 0.2) is 35.6 Å². The predicted octanol–water partition coefficient (Wildman–Crippen LogP) is 0.964. The van der Waals surface area contributed by atoms with Crippen molar-refractivity contribution < 1.29 is 9.53 Å². The van der Waals surface area contributed by atoms with Crippen LogP contribution >= 0.6 is 0 Å². The molecule has 0 amide bonds. The highest BCUT2D eigenvalue weighted by atomic mass is 16.5. The third kappa shape index (κ3) is 0.559. The molecule has 0 saturated carbocycles. The summed E-state index contributed by atoms with van der Waals surface area (Å²) in [4.78, 5) is 10.4. The number of aldehydes is 1. The first-order chi connectivity index (χ1) is 4.92. The van der Waals surface area contributed by atoms with Crippen molar-refractivity contribution in [3.05, 3.63) is 35.6 Å². The quantitative estimate of drug-likeness (QED) is 0.499. The topological polar surface area (TPSA) is 26.3 Å². The van der Waals surface area contributed by atoms with Crippen LogP contribution in [0.1, 0.15) is 0 Å². The first-order valence-corrected chi connectivity index (χ1v) is 3.11. The Morgan fingerprint density at radius 3 is 3.20 bits per heavy atom. The monoisotopic (exact) mass is 134 g/mol. The van der Waals surface area contributed by atoms with Gasteiger partial charge < -0.3 is 4.74 Å². The fourth-order valence-corrected chi connectivity index (χ4v) is 1.17. The zero-order chi connectivity index (χ0) is 6.97. The van der Waals surface area contributed by atoms with Crippen molar-refractivity contribution in [3.8, 4) is 0 Å². The number of ether oxygens (including phenoxy) is 1. The van der Waals surface area contributed by atoms with E-state index < -0.39 is 0 Å². The fourth-order valence-electron chi connectivity index (χ4n) is 1.17. The standard InChI is InChI=1S/C8H6O2/c9-5-6-1-2-8-7(6)3-4-10-8/h1-5,8H. The first kappa shape index (κ1) is 5.47. The molecule has 2 heteroatoms. The summed E-state index contributed by atoms with van der Waals surface area (Å²) >= 11 is 0. The maximum atomic E-state index is 10.4. The third-order valence-corrected chi connectivity index (χ3v) is 1.69. The Morgan fingerprint density at radius 1 is 1.50 bits per heavy atom. The van der Waals surface area contributed by atoms with Crippen LogP contribution < -0.4 is 0 Å². The van der Waals surface area contributed by atoms with Crippen LogP contribution in [0.4, 0.5) is 0 Å². The normalized spacial score (nSPS) is 27.0. The Bertz CT molecular complexity index is 258. The molecule has 1 unspecified atom stereocenters. The number of fused-ring (bicyclic) bond motifs is 1. The smallest absolute Gasteiger partial charge is 0.150 e. The van der Waals surface area contributed by atoms with E-state index in [1.165, 1.54) is 0 Å². The van der Waals surface area contributed by atoms with Crippen LogP contribution in [0.25, 0.3) is 0 Å². The van der Waals surface area contributed by atoms with E-state index in [9.17, 15) is 4.79 Å². The van der Waals surface area contributed by atoms with E-state index in [0.717, 1.165) is 17.4 Å². The second-order valence-corrected chi connectivity index (χ2v) is 2.25. The Hall–Kier alpha value is -1.31. The van der Waals surface area contributed by atoms with E-state index in [1.54, 1.807) is 12.3 Å². The van der Waals surface area contributed by atoms with Gasteiger partial charge in [0, 0.05) is 11.1 Å². The minimum absolute atomic E-state index is 0.0141. The summed E-state index contributed by atoms with van der Waals surface area (Å²) in [5.74, 6) is 0. The number of hydrogen-bond acceptors (Lipinski definition) is 2. The van der Waals surface area contributed by atoms with Crippen LogP contribution in [0, 0.1) is 0 Å². The Morgan fingerprint density at radius 2 is 2.40 bits per heavy atom. The zero-order valence-electron chi connectivity index (χ0n) is 5.28. The third-order valence-electron chi connectivity index (χ3n) is 1.69. The number of allylic oxidation sites excluding steroid dienone is 2. The molecular formula is C8H6O2. The molecule has 2 nitrogen and oxygen atoms in total. The fraction of sp³-hybridized carbons (Fsp3) is 0.125. The molecule has 1 heterocycles. The molecule has 2 aliphatic rings. The molecule has 2 rings (SSSR count). The molecule has 0 spiro atoms. The van der Waals surface area contributed by atoms with Crippen LogP contribution in [-0.4, -0.2) is 12.4 Å². The minimum atomic E-state index is 0.0141. The SMILES string of the molecule is O=CC1=C2C=COC2C=C1. The summed E-state index contributed by atoms with van der Waals surface area (Å²) in [6, 6.07) is 0. The van der Waals surface area contributed by atoms with E-state index in [2.05, 4.69) is 0 Å². The second-order valence-electron chi connectivity index (χ2n) is 2.25. The van der Waals surface area contributed by atoms with Gasteiger partial charge in [0.25, 0.3) is 0 Å². The van der Waals surface area contributed by atoms with Gasteiger partial charge in [0.05, 0.1) is 6.26 Å². The molecule has 0 aromatic rings. The van der Waals surface area contributed by atoms with Crippen molar-refractivity contribution in [1.82, 2.24) is 0 Å². The maximum absolute atomic E-state index is 10.4. The van der Waals surface area contributed by atoms with Crippen molar-refractivity contribution in [1.29, 1.82) is 0 Å². The summed E-state index contributed by atoms with van der Waals surface area (Å²) in [5.41, 5.74) is 1.72. The second kappa shape index (κ2) is 1.84. The lowest BCUT2D eigenvalue weighted by Gasteiger charge is -2.00. The molecule has 0 N–H and O–H groups in total. The van der Waals surface area contributed by atoms with Crippen molar-refractivity contribution in [2.75, 3.05) is 0 Å². The lowest BCUT2D eigenvalue weighted by Crippen LogP contribution is -1.99. The van der Waals surface area contributed by atoms with Crippen molar-refractivity contribution >= 4 is 6.29 Å². The van der Waals surface area contributed by atoms with Crippen molar-refractivity contribution in [2.24, 2.45) is 0 Å². The molecule has 0 bridgehead atoms. The van der Waals surface area contributed by atoms with Gasteiger partial charge in [-0.2, -0.15) is 0 Å². The number of hydrogen-bond donors (Lipinski definition) is 0. The number of rotatable bonds is 1. The highest BCUT2D eigenvalue weighted by Crippen LogP contribution is 2.26. The summed E-state index contributed by atoms with van der Waals surface area (Å²) in [5, 5.41) is 0. The van der Waals surface area contributed by atoms with Gasteiger partial charge in [-0.1, -0.05) is 6.08 Å². The largest absolute Gasteiger partial charge is 0.489 e. The first-order valence-electron chi connectivity index (χ1n) is 3.11. The zero-order valence-corrected chi connectivity index (χ0v) is 5.28. The van der Waals surface area contributed by atoms with Crippen molar-refractivity contribution in [2.45, 2.75) is 6.10 Å². The molecular weight excluding hydrogens is 128 g/mol.